The fourth-order valence-electron chi connectivity index (χ4n) is 3.03. The third-order valence-corrected chi connectivity index (χ3v) is 4.51. The highest BCUT2D eigenvalue weighted by atomic mass is 16.5. The molecule has 3 heteroatoms. The minimum atomic E-state index is 0.847. The van der Waals surface area contributed by atoms with Gasteiger partial charge in [-0.05, 0) is 70.5 Å². The molecule has 0 amide bonds. The number of ether oxygens (including phenoxy) is 1. The SMILES string of the molecule is CCOCCCCNCCN1CCCC(C(C)C)CC1. The van der Waals surface area contributed by atoms with Gasteiger partial charge in [0, 0.05) is 26.3 Å². The van der Waals surface area contributed by atoms with Crippen LogP contribution < -0.4 is 5.32 Å². The van der Waals surface area contributed by atoms with E-state index < -0.39 is 0 Å². The van der Waals surface area contributed by atoms with Crippen molar-refractivity contribution in [1.82, 2.24) is 10.2 Å². The number of hydrogen-bond acceptors (Lipinski definition) is 3. The topological polar surface area (TPSA) is 24.5 Å². The van der Waals surface area contributed by atoms with Gasteiger partial charge in [-0.25, -0.2) is 0 Å². The van der Waals surface area contributed by atoms with Crippen LogP contribution in [-0.4, -0.2) is 50.8 Å². The predicted octanol–water partition coefficient (Wildman–Crippen LogP) is 3.15. The monoisotopic (exact) mass is 284 g/mol. The van der Waals surface area contributed by atoms with Crippen molar-refractivity contribution in [2.24, 2.45) is 11.8 Å². The summed E-state index contributed by atoms with van der Waals surface area (Å²) in [7, 11) is 0. The zero-order valence-electron chi connectivity index (χ0n) is 14.0. The van der Waals surface area contributed by atoms with Crippen LogP contribution in [0.15, 0.2) is 0 Å². The smallest absolute Gasteiger partial charge is 0.0466 e. The molecule has 0 aromatic rings. The van der Waals surface area contributed by atoms with Gasteiger partial charge in [0.25, 0.3) is 0 Å². The zero-order chi connectivity index (χ0) is 14.6. The van der Waals surface area contributed by atoms with E-state index in [0.29, 0.717) is 0 Å². The van der Waals surface area contributed by atoms with E-state index >= 15 is 0 Å². The molecule has 1 aliphatic rings. The Morgan fingerprint density at radius 1 is 1.15 bits per heavy atom. The van der Waals surface area contributed by atoms with Crippen molar-refractivity contribution in [3.63, 3.8) is 0 Å². The molecule has 0 saturated carbocycles. The summed E-state index contributed by atoms with van der Waals surface area (Å²) in [5.41, 5.74) is 0. The zero-order valence-corrected chi connectivity index (χ0v) is 14.0. The summed E-state index contributed by atoms with van der Waals surface area (Å²) in [6.07, 6.45) is 6.62. The number of unbranched alkanes of at least 4 members (excludes halogenated alkanes) is 1. The Balaban J connectivity index is 1.96. The number of rotatable bonds is 10. The fourth-order valence-corrected chi connectivity index (χ4v) is 3.03. The summed E-state index contributed by atoms with van der Waals surface area (Å²) in [4.78, 5) is 2.65. The van der Waals surface area contributed by atoms with Crippen LogP contribution in [0.2, 0.25) is 0 Å². The molecule has 1 N–H and O–H groups in total. The van der Waals surface area contributed by atoms with Gasteiger partial charge in [0.1, 0.15) is 0 Å². The van der Waals surface area contributed by atoms with Gasteiger partial charge in [-0.2, -0.15) is 0 Å². The summed E-state index contributed by atoms with van der Waals surface area (Å²) < 4.78 is 5.34. The Kier molecular flexibility index (Phi) is 10.3. The molecule has 20 heavy (non-hydrogen) atoms. The van der Waals surface area contributed by atoms with Crippen molar-refractivity contribution < 1.29 is 4.74 Å². The van der Waals surface area contributed by atoms with E-state index in [1.54, 1.807) is 0 Å². The lowest BCUT2D eigenvalue weighted by atomic mass is 9.89. The van der Waals surface area contributed by atoms with Gasteiger partial charge >= 0.3 is 0 Å². The largest absolute Gasteiger partial charge is 0.382 e. The van der Waals surface area contributed by atoms with Gasteiger partial charge in [-0.1, -0.05) is 13.8 Å². The minimum absolute atomic E-state index is 0.847. The normalized spacial score (nSPS) is 21.3. The second-order valence-corrected chi connectivity index (χ2v) is 6.43. The number of hydrogen-bond donors (Lipinski definition) is 1. The molecule has 1 fully saturated rings. The number of likely N-dealkylation sites (tertiary alicyclic amines) is 1. The molecule has 0 spiro atoms. The molecule has 0 radical (unpaired) electrons. The molecule has 120 valence electrons. The van der Waals surface area contributed by atoms with E-state index in [0.717, 1.165) is 38.1 Å². The van der Waals surface area contributed by atoms with E-state index in [-0.39, 0.29) is 0 Å². The van der Waals surface area contributed by atoms with Crippen molar-refractivity contribution in [3.05, 3.63) is 0 Å². The predicted molar refractivity (Wildman–Crippen MR) is 87.2 cm³/mol. The molecule has 0 aliphatic carbocycles. The summed E-state index contributed by atoms with van der Waals surface area (Å²) in [6, 6.07) is 0. The van der Waals surface area contributed by atoms with Crippen molar-refractivity contribution >= 4 is 0 Å². The average molecular weight is 284 g/mol. The van der Waals surface area contributed by atoms with Crippen LogP contribution in [0.3, 0.4) is 0 Å². The standard InChI is InChI=1S/C17H36N2O/c1-4-20-15-6-5-10-18-11-14-19-12-7-8-17(9-13-19)16(2)3/h16-18H,4-15H2,1-3H3. The summed E-state index contributed by atoms with van der Waals surface area (Å²) >= 11 is 0. The quantitative estimate of drug-likeness (QED) is 0.624. The van der Waals surface area contributed by atoms with Crippen LogP contribution in [-0.2, 0) is 4.74 Å². The molecule has 1 aliphatic heterocycles. The average Bonchev–Trinajstić information content (AvgIpc) is 2.67. The molecule has 1 rings (SSSR count). The van der Waals surface area contributed by atoms with Crippen molar-refractivity contribution in [2.75, 3.05) is 45.9 Å². The first kappa shape index (κ1) is 17.9. The first-order chi connectivity index (χ1) is 9.74. The van der Waals surface area contributed by atoms with Gasteiger partial charge in [-0.15, -0.1) is 0 Å². The van der Waals surface area contributed by atoms with Crippen molar-refractivity contribution in [1.29, 1.82) is 0 Å². The summed E-state index contributed by atoms with van der Waals surface area (Å²) in [5.74, 6) is 1.81. The highest BCUT2D eigenvalue weighted by Crippen LogP contribution is 2.24. The van der Waals surface area contributed by atoms with E-state index in [4.69, 9.17) is 4.74 Å². The van der Waals surface area contributed by atoms with E-state index in [1.165, 1.54) is 51.7 Å². The molecule has 3 nitrogen and oxygen atoms in total. The maximum absolute atomic E-state index is 5.34. The lowest BCUT2D eigenvalue weighted by Crippen LogP contribution is -2.33. The van der Waals surface area contributed by atoms with Crippen LogP contribution in [0.5, 0.6) is 0 Å². The number of nitrogens with zero attached hydrogens (tertiary/aromatic N) is 1. The second kappa shape index (κ2) is 11.5. The Labute approximate surface area is 126 Å². The van der Waals surface area contributed by atoms with Gasteiger partial charge in [-0.3, -0.25) is 0 Å². The van der Waals surface area contributed by atoms with Gasteiger partial charge < -0.3 is 15.0 Å². The Morgan fingerprint density at radius 2 is 2.00 bits per heavy atom. The fraction of sp³-hybridized carbons (Fsp3) is 1.00. The molecule has 0 bridgehead atoms. The van der Waals surface area contributed by atoms with Crippen LogP contribution >= 0.6 is 0 Å². The third-order valence-electron chi connectivity index (χ3n) is 4.51. The minimum Gasteiger partial charge on any atom is -0.382 e. The lowest BCUT2D eigenvalue weighted by molar-refractivity contribution is 0.143. The Bertz CT molecular complexity index is 221. The van der Waals surface area contributed by atoms with E-state index in [9.17, 15) is 0 Å². The molecular weight excluding hydrogens is 248 g/mol. The molecular formula is C17H36N2O. The first-order valence-electron chi connectivity index (χ1n) is 8.74. The molecule has 1 saturated heterocycles. The van der Waals surface area contributed by atoms with Crippen LogP contribution in [0, 0.1) is 11.8 Å². The van der Waals surface area contributed by atoms with Gasteiger partial charge in [0.15, 0.2) is 0 Å². The summed E-state index contributed by atoms with van der Waals surface area (Å²) in [6.45, 7) is 14.7. The van der Waals surface area contributed by atoms with E-state index in [2.05, 4.69) is 31.0 Å². The maximum atomic E-state index is 5.34. The Morgan fingerprint density at radius 3 is 2.75 bits per heavy atom. The molecule has 0 aromatic carbocycles. The Hall–Kier alpha value is -0.120. The highest BCUT2D eigenvalue weighted by Gasteiger charge is 2.18. The van der Waals surface area contributed by atoms with Crippen molar-refractivity contribution in [2.45, 2.75) is 52.9 Å². The molecule has 1 atom stereocenters. The number of nitrogens with one attached hydrogen (secondary N) is 1. The van der Waals surface area contributed by atoms with Gasteiger partial charge in [0.2, 0.25) is 0 Å². The molecule has 1 heterocycles. The first-order valence-corrected chi connectivity index (χ1v) is 8.74. The van der Waals surface area contributed by atoms with Crippen LogP contribution in [0.4, 0.5) is 0 Å². The van der Waals surface area contributed by atoms with Crippen LogP contribution in [0.1, 0.15) is 52.9 Å². The molecule has 1 unspecified atom stereocenters. The highest BCUT2D eigenvalue weighted by molar-refractivity contribution is 4.72. The molecule has 0 aromatic heterocycles. The summed E-state index contributed by atoms with van der Waals surface area (Å²) in [5, 5.41) is 3.57. The van der Waals surface area contributed by atoms with Crippen LogP contribution in [0.25, 0.3) is 0 Å². The van der Waals surface area contributed by atoms with E-state index in [1.807, 2.05) is 0 Å². The van der Waals surface area contributed by atoms with Gasteiger partial charge in [0.05, 0.1) is 0 Å². The third kappa shape index (κ3) is 8.23. The lowest BCUT2D eigenvalue weighted by Gasteiger charge is -2.21. The maximum Gasteiger partial charge on any atom is 0.0466 e. The second-order valence-electron chi connectivity index (χ2n) is 6.43. The van der Waals surface area contributed by atoms with Crippen molar-refractivity contribution in [3.8, 4) is 0 Å².